The molecule has 3 aromatic heterocycles. The van der Waals surface area contributed by atoms with Crippen molar-refractivity contribution in [3.05, 3.63) is 59.2 Å². The number of anilines is 2. The van der Waals surface area contributed by atoms with Crippen LogP contribution in [-0.2, 0) is 18.3 Å². The lowest BCUT2D eigenvalue weighted by Gasteiger charge is -2.20. The molecule has 1 aliphatic carbocycles. The molecule has 1 saturated heterocycles. The molecule has 1 aromatic carbocycles. The predicted octanol–water partition coefficient (Wildman–Crippen LogP) is 2.67. The lowest BCUT2D eigenvalue weighted by Crippen LogP contribution is -2.28. The van der Waals surface area contributed by atoms with Crippen molar-refractivity contribution in [1.82, 2.24) is 35.6 Å². The lowest BCUT2D eigenvalue weighted by atomic mass is 9.87. The van der Waals surface area contributed by atoms with Crippen molar-refractivity contribution in [3.63, 3.8) is 0 Å². The third-order valence-corrected chi connectivity index (χ3v) is 6.60. The monoisotopic (exact) mass is 465 g/mol. The highest BCUT2D eigenvalue weighted by molar-refractivity contribution is 5.52. The summed E-state index contributed by atoms with van der Waals surface area (Å²) in [6.07, 6.45) is 7.08. The molecular weight excluding hydrogens is 444 g/mol. The number of H-pyrrole nitrogens is 1. The first-order valence-corrected chi connectivity index (χ1v) is 11.0. The van der Waals surface area contributed by atoms with E-state index in [1.165, 1.54) is 12.1 Å². The largest absolute Gasteiger partial charge is 0.403 e. The number of hydrogen-bond donors (Lipinski definition) is 2. The Balaban J connectivity index is 1.11. The molecule has 0 radical (unpaired) electrons. The second-order valence-corrected chi connectivity index (χ2v) is 9.06. The molecule has 0 spiro atoms. The lowest BCUT2D eigenvalue weighted by molar-refractivity contribution is 0.503. The van der Waals surface area contributed by atoms with Gasteiger partial charge in [-0.1, -0.05) is 17.2 Å². The van der Waals surface area contributed by atoms with Gasteiger partial charge in [-0.15, -0.1) is 10.2 Å². The first-order valence-electron chi connectivity index (χ1n) is 11.0. The van der Waals surface area contributed by atoms with Gasteiger partial charge in [0, 0.05) is 43.1 Å². The summed E-state index contributed by atoms with van der Waals surface area (Å²) in [4.78, 5) is 10.7. The van der Waals surface area contributed by atoms with Crippen LogP contribution >= 0.6 is 0 Å². The van der Waals surface area contributed by atoms with Crippen LogP contribution in [0.1, 0.15) is 30.2 Å². The minimum atomic E-state index is -0.823. The van der Waals surface area contributed by atoms with Crippen LogP contribution in [-0.4, -0.2) is 54.7 Å². The van der Waals surface area contributed by atoms with Crippen LogP contribution < -0.4 is 10.2 Å². The SMILES string of the molecule is CC1(c2c[nH]nn2)CCN(c2nnc(-c3cnc(NC4Cc5cc(F)c(F)cc5C4)nc3)o2)C1. The zero-order valence-electron chi connectivity index (χ0n) is 18.3. The topological polar surface area (TPSA) is 122 Å². The maximum absolute atomic E-state index is 13.5. The third kappa shape index (κ3) is 3.64. The van der Waals surface area contributed by atoms with Gasteiger partial charge in [-0.2, -0.15) is 0 Å². The molecule has 1 unspecified atom stereocenters. The Labute approximate surface area is 192 Å². The Morgan fingerprint density at radius 1 is 1.09 bits per heavy atom. The van der Waals surface area contributed by atoms with E-state index in [4.69, 9.17) is 4.42 Å². The van der Waals surface area contributed by atoms with Gasteiger partial charge in [0.25, 0.3) is 5.89 Å². The fourth-order valence-corrected chi connectivity index (χ4v) is 4.70. The van der Waals surface area contributed by atoms with E-state index < -0.39 is 11.6 Å². The molecule has 12 heteroatoms. The van der Waals surface area contributed by atoms with Crippen LogP contribution in [0.15, 0.2) is 35.1 Å². The minimum Gasteiger partial charge on any atom is -0.403 e. The van der Waals surface area contributed by atoms with E-state index in [0.717, 1.165) is 29.8 Å². The molecule has 1 fully saturated rings. The maximum atomic E-state index is 13.5. The van der Waals surface area contributed by atoms with E-state index in [1.807, 2.05) is 11.1 Å². The van der Waals surface area contributed by atoms with Gasteiger partial charge in [0.1, 0.15) is 0 Å². The van der Waals surface area contributed by atoms with Crippen LogP contribution in [0.2, 0.25) is 0 Å². The van der Waals surface area contributed by atoms with Crippen LogP contribution in [0.25, 0.3) is 11.5 Å². The van der Waals surface area contributed by atoms with Crippen molar-refractivity contribution in [2.75, 3.05) is 23.3 Å². The van der Waals surface area contributed by atoms with Crippen LogP contribution in [0.4, 0.5) is 20.7 Å². The summed E-state index contributed by atoms with van der Waals surface area (Å²) >= 11 is 0. The summed E-state index contributed by atoms with van der Waals surface area (Å²) in [6.45, 7) is 3.59. The molecule has 10 nitrogen and oxygen atoms in total. The Morgan fingerprint density at radius 3 is 2.50 bits per heavy atom. The molecule has 34 heavy (non-hydrogen) atoms. The van der Waals surface area contributed by atoms with Crippen LogP contribution in [0, 0.1) is 11.6 Å². The normalized spacial score (nSPS) is 20.1. The summed E-state index contributed by atoms with van der Waals surface area (Å²) in [6, 6.07) is 2.93. The van der Waals surface area contributed by atoms with Crippen molar-refractivity contribution in [2.24, 2.45) is 0 Å². The Bertz CT molecular complexity index is 1290. The number of fused-ring (bicyclic) bond motifs is 1. The number of nitrogens with zero attached hydrogens (tertiary/aromatic N) is 7. The summed E-state index contributed by atoms with van der Waals surface area (Å²) in [5.41, 5.74) is 2.96. The van der Waals surface area contributed by atoms with Gasteiger partial charge in [-0.05, 0) is 42.5 Å². The molecule has 0 amide bonds. The molecule has 0 bridgehead atoms. The third-order valence-electron chi connectivity index (χ3n) is 6.60. The van der Waals surface area contributed by atoms with Crippen LogP contribution in [0.3, 0.4) is 0 Å². The fraction of sp³-hybridized carbons (Fsp3) is 0.364. The Morgan fingerprint density at radius 2 is 1.82 bits per heavy atom. The molecule has 6 rings (SSSR count). The molecule has 0 saturated carbocycles. The van der Waals surface area contributed by atoms with Gasteiger partial charge in [0.15, 0.2) is 11.6 Å². The van der Waals surface area contributed by atoms with Gasteiger partial charge in [0.05, 0.1) is 11.3 Å². The van der Waals surface area contributed by atoms with E-state index in [-0.39, 0.29) is 11.5 Å². The van der Waals surface area contributed by atoms with Crippen molar-refractivity contribution >= 4 is 12.0 Å². The Kier molecular flexibility index (Phi) is 4.74. The van der Waals surface area contributed by atoms with Gasteiger partial charge >= 0.3 is 6.01 Å². The number of aromatic nitrogens is 7. The smallest absolute Gasteiger partial charge is 0.318 e. The number of benzene rings is 1. The Hall–Kier alpha value is -3.96. The molecule has 2 aliphatic rings. The van der Waals surface area contributed by atoms with E-state index >= 15 is 0 Å². The quantitative estimate of drug-likeness (QED) is 0.458. The maximum Gasteiger partial charge on any atom is 0.318 e. The van der Waals surface area contributed by atoms with Crippen LogP contribution in [0.5, 0.6) is 0 Å². The average Bonchev–Trinajstić information content (AvgIpc) is 3.62. The second kappa shape index (κ2) is 7.82. The van der Waals surface area contributed by atoms with E-state index in [9.17, 15) is 8.78 Å². The van der Waals surface area contributed by atoms with E-state index in [0.29, 0.717) is 42.8 Å². The number of nitrogens with one attached hydrogen (secondary N) is 2. The van der Waals surface area contributed by atoms with Gasteiger partial charge in [-0.3, -0.25) is 5.10 Å². The van der Waals surface area contributed by atoms with Crippen molar-refractivity contribution in [1.29, 1.82) is 0 Å². The minimum absolute atomic E-state index is 0.0359. The van der Waals surface area contributed by atoms with Gasteiger partial charge in [-0.25, -0.2) is 18.7 Å². The summed E-state index contributed by atoms with van der Waals surface area (Å²) in [5.74, 6) is -0.896. The van der Waals surface area contributed by atoms with Gasteiger partial charge < -0.3 is 14.6 Å². The summed E-state index contributed by atoms with van der Waals surface area (Å²) < 4.78 is 32.9. The van der Waals surface area contributed by atoms with Crippen molar-refractivity contribution in [2.45, 2.75) is 37.6 Å². The average molecular weight is 465 g/mol. The number of aromatic amines is 1. The zero-order valence-corrected chi connectivity index (χ0v) is 18.3. The summed E-state index contributed by atoms with van der Waals surface area (Å²) in [7, 11) is 0. The zero-order chi connectivity index (χ0) is 23.3. The fourth-order valence-electron chi connectivity index (χ4n) is 4.70. The first kappa shape index (κ1) is 20.6. The highest BCUT2D eigenvalue weighted by atomic mass is 19.2. The number of halogens is 2. The number of hydrogen-bond acceptors (Lipinski definition) is 9. The highest BCUT2D eigenvalue weighted by Crippen LogP contribution is 2.35. The molecule has 174 valence electrons. The molecule has 1 aliphatic heterocycles. The highest BCUT2D eigenvalue weighted by Gasteiger charge is 2.39. The molecular formula is C22H21F2N9O. The van der Waals surface area contributed by atoms with Crippen molar-refractivity contribution < 1.29 is 13.2 Å². The van der Waals surface area contributed by atoms with E-state index in [1.54, 1.807) is 12.4 Å². The standard InChI is InChI=1S/C22H21F2N9O/c1-22(18-10-27-32-29-18)2-3-33(11-22)21-31-30-19(34-21)14-8-25-20(26-9-14)28-15-4-12-6-16(23)17(24)7-13(12)5-15/h6-10,15H,2-5,11H2,1H3,(H,25,26,28)(H,27,29,32). The second-order valence-electron chi connectivity index (χ2n) is 9.06. The van der Waals surface area contributed by atoms with E-state index in [2.05, 4.69) is 47.8 Å². The van der Waals surface area contributed by atoms with Crippen molar-refractivity contribution in [3.8, 4) is 11.5 Å². The number of rotatable bonds is 5. The molecule has 2 N–H and O–H groups in total. The summed E-state index contributed by atoms with van der Waals surface area (Å²) in [5, 5.41) is 22.3. The predicted molar refractivity (Wildman–Crippen MR) is 117 cm³/mol. The molecule has 4 aromatic rings. The van der Waals surface area contributed by atoms with Gasteiger partial charge in [0.2, 0.25) is 5.95 Å². The molecule has 1 atom stereocenters. The first-order chi connectivity index (χ1) is 16.5. The molecule has 4 heterocycles.